The van der Waals surface area contributed by atoms with Gasteiger partial charge in [-0.2, -0.15) is 0 Å². The van der Waals surface area contributed by atoms with E-state index in [2.05, 4.69) is 20.8 Å². The molecule has 0 radical (unpaired) electrons. The van der Waals surface area contributed by atoms with Gasteiger partial charge in [-0.3, -0.25) is 0 Å². The number of rotatable bonds is 2. The molecule has 0 aromatic heterocycles. The summed E-state index contributed by atoms with van der Waals surface area (Å²) in [7, 11) is -3.05. The van der Waals surface area contributed by atoms with Crippen LogP contribution in [0, 0.1) is 16.7 Å². The first-order valence-corrected chi connectivity index (χ1v) is 8.98. The maximum absolute atomic E-state index is 11.9. The standard InChI is InChI=1S/C14H27NO3S/c1-11-6-12(2,3)8-14(16,7-11)13(9-15)4-5-19(17,18)10-13/h11,16H,4-10,15H2,1-3H3. The molecule has 0 amide bonds. The highest BCUT2D eigenvalue weighted by Crippen LogP contribution is 2.54. The van der Waals surface area contributed by atoms with Gasteiger partial charge < -0.3 is 10.8 Å². The van der Waals surface area contributed by atoms with Crippen molar-refractivity contribution >= 4 is 9.84 Å². The van der Waals surface area contributed by atoms with Gasteiger partial charge in [0.1, 0.15) is 0 Å². The van der Waals surface area contributed by atoms with Crippen LogP contribution in [-0.4, -0.2) is 37.2 Å². The molecule has 1 heterocycles. The normalized spacial score (nSPS) is 45.2. The molecule has 0 aromatic carbocycles. The van der Waals surface area contributed by atoms with Gasteiger partial charge in [0.25, 0.3) is 0 Å². The largest absolute Gasteiger partial charge is 0.389 e. The maximum atomic E-state index is 11.9. The molecule has 0 spiro atoms. The number of hydrogen-bond acceptors (Lipinski definition) is 4. The minimum atomic E-state index is -3.05. The summed E-state index contributed by atoms with van der Waals surface area (Å²) in [6.45, 7) is 6.70. The van der Waals surface area contributed by atoms with Crippen LogP contribution in [0.3, 0.4) is 0 Å². The Bertz CT molecular complexity index is 459. The summed E-state index contributed by atoms with van der Waals surface area (Å²) in [5.74, 6) is 0.623. The van der Waals surface area contributed by atoms with E-state index >= 15 is 0 Å². The number of hydrogen-bond donors (Lipinski definition) is 2. The Kier molecular flexibility index (Phi) is 3.56. The molecular weight excluding hydrogens is 262 g/mol. The quantitative estimate of drug-likeness (QED) is 0.803. The predicted molar refractivity (Wildman–Crippen MR) is 76.5 cm³/mol. The van der Waals surface area contributed by atoms with Crippen molar-refractivity contribution in [2.45, 2.75) is 52.1 Å². The molecule has 1 aliphatic heterocycles. The van der Waals surface area contributed by atoms with E-state index in [0.717, 1.165) is 6.42 Å². The van der Waals surface area contributed by atoms with Gasteiger partial charge >= 0.3 is 0 Å². The molecule has 112 valence electrons. The second-order valence-corrected chi connectivity index (χ2v) is 9.90. The lowest BCUT2D eigenvalue weighted by Crippen LogP contribution is -2.58. The van der Waals surface area contributed by atoms with Gasteiger partial charge in [-0.15, -0.1) is 0 Å². The Hall–Kier alpha value is -0.130. The van der Waals surface area contributed by atoms with Gasteiger partial charge in [-0.1, -0.05) is 20.8 Å². The van der Waals surface area contributed by atoms with Crippen LogP contribution >= 0.6 is 0 Å². The van der Waals surface area contributed by atoms with Crippen LogP contribution < -0.4 is 5.73 Å². The zero-order valence-electron chi connectivity index (χ0n) is 12.3. The highest BCUT2D eigenvalue weighted by atomic mass is 32.2. The average Bonchev–Trinajstić information content (AvgIpc) is 2.52. The van der Waals surface area contributed by atoms with Crippen molar-refractivity contribution in [3.8, 4) is 0 Å². The summed E-state index contributed by atoms with van der Waals surface area (Å²) in [6.07, 6.45) is 2.90. The summed E-state index contributed by atoms with van der Waals surface area (Å²) in [5, 5.41) is 11.2. The summed E-state index contributed by atoms with van der Waals surface area (Å²) in [4.78, 5) is 0. The molecule has 2 aliphatic rings. The zero-order valence-corrected chi connectivity index (χ0v) is 13.1. The molecule has 3 atom stereocenters. The predicted octanol–water partition coefficient (Wildman–Crippen LogP) is 1.33. The monoisotopic (exact) mass is 289 g/mol. The molecular formula is C14H27NO3S. The first-order chi connectivity index (χ1) is 8.53. The van der Waals surface area contributed by atoms with Crippen molar-refractivity contribution in [3.05, 3.63) is 0 Å². The van der Waals surface area contributed by atoms with E-state index in [0.29, 0.717) is 25.2 Å². The van der Waals surface area contributed by atoms with Gasteiger partial charge in [-0.05, 0) is 37.0 Å². The number of nitrogens with two attached hydrogens (primary N) is 1. The lowest BCUT2D eigenvalue weighted by molar-refractivity contribution is -0.135. The average molecular weight is 289 g/mol. The Morgan fingerprint density at radius 3 is 2.37 bits per heavy atom. The van der Waals surface area contributed by atoms with E-state index in [9.17, 15) is 13.5 Å². The number of aliphatic hydroxyl groups is 1. The Morgan fingerprint density at radius 1 is 1.32 bits per heavy atom. The first-order valence-electron chi connectivity index (χ1n) is 7.16. The minimum Gasteiger partial charge on any atom is -0.389 e. The van der Waals surface area contributed by atoms with Crippen molar-refractivity contribution in [2.75, 3.05) is 18.1 Å². The molecule has 1 saturated carbocycles. The second kappa shape index (κ2) is 4.43. The third kappa shape index (κ3) is 2.69. The van der Waals surface area contributed by atoms with Crippen LogP contribution in [0.1, 0.15) is 46.5 Å². The van der Waals surface area contributed by atoms with E-state index in [1.165, 1.54) is 0 Å². The highest BCUT2D eigenvalue weighted by Gasteiger charge is 2.58. The lowest BCUT2D eigenvalue weighted by Gasteiger charge is -2.53. The van der Waals surface area contributed by atoms with Crippen LogP contribution in [0.15, 0.2) is 0 Å². The summed E-state index contributed by atoms with van der Waals surface area (Å²) in [5.41, 5.74) is 4.38. The van der Waals surface area contributed by atoms with Gasteiger partial charge in [0.2, 0.25) is 0 Å². The topological polar surface area (TPSA) is 80.4 Å². The minimum absolute atomic E-state index is 0.0426. The van der Waals surface area contributed by atoms with E-state index < -0.39 is 20.9 Å². The van der Waals surface area contributed by atoms with E-state index in [1.54, 1.807) is 0 Å². The molecule has 19 heavy (non-hydrogen) atoms. The molecule has 1 saturated heterocycles. The fourth-order valence-electron chi connectivity index (χ4n) is 4.57. The van der Waals surface area contributed by atoms with Gasteiger partial charge in [0, 0.05) is 12.0 Å². The number of sulfone groups is 1. The molecule has 1 aliphatic carbocycles. The van der Waals surface area contributed by atoms with Crippen molar-refractivity contribution in [2.24, 2.45) is 22.5 Å². The lowest BCUT2D eigenvalue weighted by atomic mass is 9.56. The summed E-state index contributed by atoms with van der Waals surface area (Å²) in [6, 6.07) is 0. The van der Waals surface area contributed by atoms with Crippen LogP contribution in [0.4, 0.5) is 0 Å². The van der Waals surface area contributed by atoms with E-state index in [1.807, 2.05) is 0 Å². The molecule has 2 rings (SSSR count). The molecule has 4 nitrogen and oxygen atoms in total. The SMILES string of the molecule is CC1CC(C)(C)CC(O)(C2(CN)CCS(=O)(=O)C2)C1. The highest BCUT2D eigenvalue weighted by molar-refractivity contribution is 7.91. The van der Waals surface area contributed by atoms with Crippen LogP contribution in [0.5, 0.6) is 0 Å². The molecule has 0 aromatic rings. The van der Waals surface area contributed by atoms with Crippen LogP contribution in [0.2, 0.25) is 0 Å². The van der Waals surface area contributed by atoms with Gasteiger partial charge in [0.05, 0.1) is 17.1 Å². The zero-order chi connectivity index (χ0) is 14.5. The van der Waals surface area contributed by atoms with Gasteiger partial charge in [0.15, 0.2) is 9.84 Å². The summed E-state index contributed by atoms with van der Waals surface area (Å²) >= 11 is 0. The van der Waals surface area contributed by atoms with Crippen LogP contribution in [0.25, 0.3) is 0 Å². The first kappa shape index (κ1) is 15.3. The van der Waals surface area contributed by atoms with Crippen molar-refractivity contribution in [1.29, 1.82) is 0 Å². The second-order valence-electron chi connectivity index (χ2n) is 7.71. The Balaban J connectivity index is 2.37. The molecule has 3 unspecified atom stereocenters. The van der Waals surface area contributed by atoms with E-state index in [4.69, 9.17) is 5.73 Å². The molecule has 5 heteroatoms. The van der Waals surface area contributed by atoms with Crippen LogP contribution in [-0.2, 0) is 9.84 Å². The van der Waals surface area contributed by atoms with Gasteiger partial charge in [-0.25, -0.2) is 8.42 Å². The van der Waals surface area contributed by atoms with Crippen molar-refractivity contribution < 1.29 is 13.5 Å². The smallest absolute Gasteiger partial charge is 0.151 e. The molecule has 2 fully saturated rings. The van der Waals surface area contributed by atoms with Crippen molar-refractivity contribution in [1.82, 2.24) is 0 Å². The fourth-order valence-corrected chi connectivity index (χ4v) is 6.79. The van der Waals surface area contributed by atoms with E-state index in [-0.39, 0.29) is 23.5 Å². The summed E-state index contributed by atoms with van der Waals surface area (Å²) < 4.78 is 23.7. The molecule has 3 N–H and O–H groups in total. The Labute approximate surface area is 116 Å². The molecule has 0 bridgehead atoms. The Morgan fingerprint density at radius 2 is 1.95 bits per heavy atom. The maximum Gasteiger partial charge on any atom is 0.151 e. The third-order valence-electron chi connectivity index (χ3n) is 5.12. The fraction of sp³-hybridized carbons (Fsp3) is 1.00. The van der Waals surface area contributed by atoms with Crippen molar-refractivity contribution in [3.63, 3.8) is 0 Å². The third-order valence-corrected chi connectivity index (χ3v) is 6.94.